The summed E-state index contributed by atoms with van der Waals surface area (Å²) >= 11 is 1.13. The van der Waals surface area contributed by atoms with Gasteiger partial charge in [-0.2, -0.15) is 0 Å². The summed E-state index contributed by atoms with van der Waals surface area (Å²) in [6.45, 7) is 2.47. The Morgan fingerprint density at radius 3 is 2.78 bits per heavy atom. The zero-order chi connectivity index (χ0) is 19.6. The fraction of sp³-hybridized carbons (Fsp3) is 0.316. The van der Waals surface area contributed by atoms with E-state index in [0.29, 0.717) is 34.8 Å². The van der Waals surface area contributed by atoms with E-state index >= 15 is 0 Å². The lowest BCUT2D eigenvalue weighted by molar-refractivity contribution is -0.143. The van der Waals surface area contributed by atoms with E-state index < -0.39 is 23.6 Å². The Kier molecular flexibility index (Phi) is 5.55. The summed E-state index contributed by atoms with van der Waals surface area (Å²) < 4.78 is 13.3. The van der Waals surface area contributed by atoms with Crippen molar-refractivity contribution >= 4 is 34.1 Å². The van der Waals surface area contributed by atoms with Gasteiger partial charge in [0.2, 0.25) is 0 Å². The summed E-state index contributed by atoms with van der Waals surface area (Å²) in [5, 5.41) is 12.3. The lowest BCUT2D eigenvalue weighted by Gasteiger charge is -2.30. The molecule has 1 fully saturated rings. The summed E-state index contributed by atoms with van der Waals surface area (Å²) in [6.07, 6.45) is 1.22. The Balaban J connectivity index is 1.73. The number of nitrogens with one attached hydrogen (secondary N) is 1. The van der Waals surface area contributed by atoms with E-state index in [4.69, 9.17) is 0 Å². The second kappa shape index (κ2) is 7.87. The highest BCUT2D eigenvalue weighted by molar-refractivity contribution is 7.18. The summed E-state index contributed by atoms with van der Waals surface area (Å²) in [5.74, 6) is -2.62. The summed E-state index contributed by atoms with van der Waals surface area (Å²) in [6, 6.07) is 7.04. The van der Waals surface area contributed by atoms with E-state index in [0.717, 1.165) is 17.4 Å². The van der Waals surface area contributed by atoms with Crippen LogP contribution in [0.1, 0.15) is 38.4 Å². The van der Waals surface area contributed by atoms with Gasteiger partial charge in [-0.3, -0.25) is 14.4 Å². The molecule has 8 heteroatoms. The first kappa shape index (κ1) is 19.0. The highest BCUT2D eigenvalue weighted by atomic mass is 32.1. The molecule has 2 amide bonds. The van der Waals surface area contributed by atoms with Crippen LogP contribution >= 0.6 is 11.3 Å². The molecule has 142 valence electrons. The first-order chi connectivity index (χ1) is 12.8. The van der Waals surface area contributed by atoms with Crippen molar-refractivity contribution in [3.05, 3.63) is 52.2 Å². The zero-order valence-corrected chi connectivity index (χ0v) is 15.5. The maximum Gasteiger partial charge on any atom is 0.308 e. The normalized spacial score (nSPS) is 16.8. The molecular weight excluding hydrogens is 371 g/mol. The second-order valence-electron chi connectivity index (χ2n) is 6.52. The molecule has 1 aliphatic rings. The highest BCUT2D eigenvalue weighted by Crippen LogP contribution is 2.30. The Labute approximate surface area is 159 Å². The molecule has 0 spiro atoms. The molecule has 3 rings (SSSR count). The van der Waals surface area contributed by atoms with Gasteiger partial charge in [0.15, 0.2) is 0 Å². The number of anilines is 1. The van der Waals surface area contributed by atoms with E-state index in [1.807, 2.05) is 0 Å². The number of thiophene rings is 1. The van der Waals surface area contributed by atoms with Crippen LogP contribution in [0.2, 0.25) is 0 Å². The molecular formula is C19H19FN2O4S. The largest absolute Gasteiger partial charge is 0.481 e. The number of aliphatic carboxylic acids is 1. The number of amides is 2. The molecule has 1 unspecified atom stereocenters. The van der Waals surface area contributed by atoms with Crippen molar-refractivity contribution in [2.45, 2.75) is 19.8 Å². The minimum absolute atomic E-state index is 0.189. The molecule has 1 saturated heterocycles. The van der Waals surface area contributed by atoms with Crippen molar-refractivity contribution in [2.24, 2.45) is 5.92 Å². The number of nitrogens with zero attached hydrogens (tertiary/aromatic N) is 1. The molecule has 1 aromatic heterocycles. The number of hydrogen-bond donors (Lipinski definition) is 2. The predicted molar refractivity (Wildman–Crippen MR) is 99.7 cm³/mol. The van der Waals surface area contributed by atoms with Crippen LogP contribution in [-0.2, 0) is 4.79 Å². The number of carbonyl (C=O) groups excluding carboxylic acids is 2. The van der Waals surface area contributed by atoms with Gasteiger partial charge in [-0.05, 0) is 49.6 Å². The van der Waals surface area contributed by atoms with Gasteiger partial charge in [0.1, 0.15) is 5.82 Å². The lowest BCUT2D eigenvalue weighted by atomic mass is 9.98. The average molecular weight is 390 g/mol. The summed E-state index contributed by atoms with van der Waals surface area (Å²) in [5.41, 5.74) is 0.895. The first-order valence-electron chi connectivity index (χ1n) is 8.54. The monoisotopic (exact) mass is 390 g/mol. The Morgan fingerprint density at radius 2 is 2.07 bits per heavy atom. The number of carboxylic acid groups (broad SMARTS) is 1. The average Bonchev–Trinajstić information content (AvgIpc) is 3.01. The number of rotatable bonds is 4. The van der Waals surface area contributed by atoms with Crippen LogP contribution in [0.15, 0.2) is 30.3 Å². The Morgan fingerprint density at radius 1 is 1.30 bits per heavy atom. The van der Waals surface area contributed by atoms with Gasteiger partial charge in [-0.25, -0.2) is 4.39 Å². The highest BCUT2D eigenvalue weighted by Gasteiger charge is 2.30. The topological polar surface area (TPSA) is 86.7 Å². The number of halogens is 1. The van der Waals surface area contributed by atoms with Crippen LogP contribution in [0.5, 0.6) is 0 Å². The fourth-order valence-corrected chi connectivity index (χ4v) is 4.11. The van der Waals surface area contributed by atoms with E-state index in [1.165, 1.54) is 18.2 Å². The van der Waals surface area contributed by atoms with Crippen molar-refractivity contribution in [3.63, 3.8) is 0 Å². The quantitative estimate of drug-likeness (QED) is 0.838. The SMILES string of the molecule is Cc1cc(NC(=O)c2cccc(F)c2)sc1C(=O)N1CCCC(C(=O)O)C1. The van der Waals surface area contributed by atoms with Crippen LogP contribution in [0, 0.1) is 18.7 Å². The standard InChI is InChI=1S/C19H19FN2O4S/c1-11-8-15(21-17(23)12-4-2-6-14(20)9-12)27-16(11)18(24)22-7-3-5-13(10-22)19(25)26/h2,4,6,8-9,13H,3,5,7,10H2,1H3,(H,21,23)(H,25,26). The van der Waals surface area contributed by atoms with Crippen LogP contribution in [-0.4, -0.2) is 40.9 Å². The van der Waals surface area contributed by atoms with E-state index in [1.54, 1.807) is 17.9 Å². The van der Waals surface area contributed by atoms with Crippen LogP contribution < -0.4 is 5.32 Å². The maximum absolute atomic E-state index is 13.3. The third kappa shape index (κ3) is 4.33. The third-order valence-corrected chi connectivity index (χ3v) is 5.63. The molecule has 6 nitrogen and oxygen atoms in total. The molecule has 1 atom stereocenters. The second-order valence-corrected chi connectivity index (χ2v) is 7.57. The molecule has 2 N–H and O–H groups in total. The Hall–Kier alpha value is -2.74. The third-order valence-electron chi connectivity index (χ3n) is 4.49. The number of piperidine rings is 1. The van der Waals surface area contributed by atoms with Crippen LogP contribution in [0.3, 0.4) is 0 Å². The van der Waals surface area contributed by atoms with Crippen molar-refractivity contribution < 1.29 is 23.9 Å². The van der Waals surface area contributed by atoms with Crippen LogP contribution in [0.4, 0.5) is 9.39 Å². The smallest absolute Gasteiger partial charge is 0.308 e. The number of hydrogen-bond acceptors (Lipinski definition) is 4. The van der Waals surface area contributed by atoms with Crippen molar-refractivity contribution in [1.82, 2.24) is 4.90 Å². The van der Waals surface area contributed by atoms with Crippen molar-refractivity contribution in [1.29, 1.82) is 0 Å². The van der Waals surface area contributed by atoms with Gasteiger partial charge in [0.25, 0.3) is 11.8 Å². The van der Waals surface area contributed by atoms with Crippen LogP contribution in [0.25, 0.3) is 0 Å². The predicted octanol–water partition coefficient (Wildman–Crippen LogP) is 3.38. The molecule has 0 aliphatic carbocycles. The summed E-state index contributed by atoms with van der Waals surface area (Å²) in [4.78, 5) is 38.3. The fourth-order valence-electron chi connectivity index (χ4n) is 3.08. The molecule has 2 aromatic rings. The number of aryl methyl sites for hydroxylation is 1. The van der Waals surface area contributed by atoms with Gasteiger partial charge in [0, 0.05) is 18.7 Å². The molecule has 0 bridgehead atoms. The molecule has 2 heterocycles. The maximum atomic E-state index is 13.3. The van der Waals surface area contributed by atoms with Gasteiger partial charge in [-0.1, -0.05) is 6.07 Å². The molecule has 0 radical (unpaired) electrons. The molecule has 1 aliphatic heterocycles. The summed E-state index contributed by atoms with van der Waals surface area (Å²) in [7, 11) is 0. The zero-order valence-electron chi connectivity index (χ0n) is 14.7. The van der Waals surface area contributed by atoms with E-state index in [9.17, 15) is 23.9 Å². The van der Waals surface area contributed by atoms with Gasteiger partial charge >= 0.3 is 5.97 Å². The minimum Gasteiger partial charge on any atom is -0.481 e. The minimum atomic E-state index is -0.890. The number of carboxylic acids is 1. The number of likely N-dealkylation sites (tertiary alicyclic amines) is 1. The number of benzene rings is 1. The molecule has 1 aromatic carbocycles. The lowest BCUT2D eigenvalue weighted by Crippen LogP contribution is -2.42. The first-order valence-corrected chi connectivity index (χ1v) is 9.36. The van der Waals surface area contributed by atoms with Gasteiger partial charge < -0.3 is 15.3 Å². The van der Waals surface area contributed by atoms with Gasteiger partial charge in [-0.15, -0.1) is 11.3 Å². The van der Waals surface area contributed by atoms with Crippen molar-refractivity contribution in [3.8, 4) is 0 Å². The van der Waals surface area contributed by atoms with E-state index in [-0.39, 0.29) is 18.0 Å². The van der Waals surface area contributed by atoms with Crippen molar-refractivity contribution in [2.75, 3.05) is 18.4 Å². The molecule has 27 heavy (non-hydrogen) atoms. The number of carbonyl (C=O) groups is 3. The molecule has 0 saturated carbocycles. The van der Waals surface area contributed by atoms with E-state index in [2.05, 4.69) is 5.32 Å². The Bertz CT molecular complexity index is 896. The van der Waals surface area contributed by atoms with Gasteiger partial charge in [0.05, 0.1) is 15.8 Å².